The highest BCUT2D eigenvalue weighted by molar-refractivity contribution is 5.78. The van der Waals surface area contributed by atoms with E-state index in [1.807, 2.05) is 0 Å². The molecule has 1 atom stereocenters. The highest BCUT2D eigenvalue weighted by Gasteiger charge is 2.22. The average Bonchev–Trinajstić information content (AvgIpc) is 2.88. The van der Waals surface area contributed by atoms with Crippen molar-refractivity contribution in [2.24, 2.45) is 5.92 Å². The molecule has 4 heteroatoms. The second-order valence-corrected chi connectivity index (χ2v) is 4.03. The molecular weight excluding hydrogens is 180 g/mol. The monoisotopic (exact) mass is 200 g/mol. The van der Waals surface area contributed by atoms with E-state index in [0.29, 0.717) is 18.5 Å². The van der Waals surface area contributed by atoms with Crippen molar-refractivity contribution >= 4 is 5.91 Å². The summed E-state index contributed by atoms with van der Waals surface area (Å²) >= 11 is 0. The SMILES string of the molecule is COCC(C)CNCC(=O)NC1CC1. The maximum Gasteiger partial charge on any atom is 0.234 e. The Morgan fingerprint density at radius 3 is 2.86 bits per heavy atom. The summed E-state index contributed by atoms with van der Waals surface area (Å²) in [7, 11) is 1.69. The number of nitrogens with one attached hydrogen (secondary N) is 2. The third-order valence-electron chi connectivity index (χ3n) is 2.17. The van der Waals surface area contributed by atoms with Crippen molar-refractivity contribution in [2.45, 2.75) is 25.8 Å². The fraction of sp³-hybridized carbons (Fsp3) is 0.900. The van der Waals surface area contributed by atoms with Gasteiger partial charge in [-0.05, 0) is 18.8 Å². The normalized spacial score (nSPS) is 17.9. The van der Waals surface area contributed by atoms with Crippen LogP contribution in [0, 0.1) is 5.92 Å². The number of ether oxygens (including phenoxy) is 1. The summed E-state index contributed by atoms with van der Waals surface area (Å²) in [5, 5.41) is 6.04. The molecule has 0 bridgehead atoms. The summed E-state index contributed by atoms with van der Waals surface area (Å²) in [4.78, 5) is 11.2. The van der Waals surface area contributed by atoms with Crippen molar-refractivity contribution in [3.8, 4) is 0 Å². The summed E-state index contributed by atoms with van der Waals surface area (Å²) in [5.74, 6) is 0.561. The fourth-order valence-electron chi connectivity index (χ4n) is 1.28. The van der Waals surface area contributed by atoms with Crippen molar-refractivity contribution in [3.63, 3.8) is 0 Å². The number of methoxy groups -OCH3 is 1. The first kappa shape index (κ1) is 11.5. The van der Waals surface area contributed by atoms with E-state index in [1.54, 1.807) is 7.11 Å². The molecule has 1 saturated carbocycles. The highest BCUT2D eigenvalue weighted by atomic mass is 16.5. The van der Waals surface area contributed by atoms with Crippen molar-refractivity contribution in [3.05, 3.63) is 0 Å². The lowest BCUT2D eigenvalue weighted by Crippen LogP contribution is -2.37. The van der Waals surface area contributed by atoms with Gasteiger partial charge in [0.05, 0.1) is 6.54 Å². The Morgan fingerprint density at radius 2 is 2.29 bits per heavy atom. The van der Waals surface area contributed by atoms with Crippen molar-refractivity contribution in [1.29, 1.82) is 0 Å². The van der Waals surface area contributed by atoms with Gasteiger partial charge in [0.25, 0.3) is 0 Å². The maximum atomic E-state index is 11.2. The lowest BCUT2D eigenvalue weighted by atomic mass is 10.2. The number of carbonyl (C=O) groups is 1. The number of amides is 1. The van der Waals surface area contributed by atoms with Crippen LogP contribution in [-0.4, -0.2) is 38.8 Å². The topological polar surface area (TPSA) is 50.4 Å². The largest absolute Gasteiger partial charge is 0.384 e. The Balaban J connectivity index is 1.93. The van der Waals surface area contributed by atoms with E-state index in [-0.39, 0.29) is 5.91 Å². The first-order valence-electron chi connectivity index (χ1n) is 5.21. The zero-order chi connectivity index (χ0) is 10.4. The van der Waals surface area contributed by atoms with E-state index >= 15 is 0 Å². The molecule has 1 fully saturated rings. The van der Waals surface area contributed by atoms with Crippen LogP contribution in [0.25, 0.3) is 0 Å². The zero-order valence-corrected chi connectivity index (χ0v) is 9.01. The smallest absolute Gasteiger partial charge is 0.234 e. The van der Waals surface area contributed by atoms with Gasteiger partial charge < -0.3 is 15.4 Å². The Morgan fingerprint density at radius 1 is 1.57 bits per heavy atom. The molecule has 1 aliphatic carbocycles. The van der Waals surface area contributed by atoms with Gasteiger partial charge in [0.2, 0.25) is 5.91 Å². The lowest BCUT2D eigenvalue weighted by molar-refractivity contribution is -0.120. The van der Waals surface area contributed by atoms with Gasteiger partial charge in [0, 0.05) is 26.3 Å². The van der Waals surface area contributed by atoms with Gasteiger partial charge >= 0.3 is 0 Å². The molecule has 0 heterocycles. The van der Waals surface area contributed by atoms with Gasteiger partial charge in [0.1, 0.15) is 0 Å². The van der Waals surface area contributed by atoms with Crippen LogP contribution in [0.2, 0.25) is 0 Å². The van der Waals surface area contributed by atoms with Crippen LogP contribution in [0.5, 0.6) is 0 Å². The van der Waals surface area contributed by atoms with Crippen LogP contribution in [0.1, 0.15) is 19.8 Å². The average molecular weight is 200 g/mol. The minimum Gasteiger partial charge on any atom is -0.384 e. The molecule has 1 amide bonds. The van der Waals surface area contributed by atoms with Gasteiger partial charge in [0.15, 0.2) is 0 Å². The minimum absolute atomic E-state index is 0.108. The molecule has 2 N–H and O–H groups in total. The fourth-order valence-corrected chi connectivity index (χ4v) is 1.28. The van der Waals surface area contributed by atoms with Crippen LogP contribution in [0.15, 0.2) is 0 Å². The van der Waals surface area contributed by atoms with E-state index in [1.165, 1.54) is 0 Å². The van der Waals surface area contributed by atoms with E-state index in [9.17, 15) is 4.79 Å². The Bertz CT molecular complexity index is 181. The van der Waals surface area contributed by atoms with Gasteiger partial charge in [-0.2, -0.15) is 0 Å². The zero-order valence-electron chi connectivity index (χ0n) is 9.01. The van der Waals surface area contributed by atoms with Crippen molar-refractivity contribution < 1.29 is 9.53 Å². The standard InChI is InChI=1S/C10H20N2O2/c1-8(7-14-2)5-11-6-10(13)12-9-3-4-9/h8-9,11H,3-7H2,1-2H3,(H,12,13). The Kier molecular flexibility index (Phi) is 4.90. The maximum absolute atomic E-state index is 11.2. The van der Waals surface area contributed by atoms with Crippen LogP contribution in [0.3, 0.4) is 0 Å². The molecule has 0 aromatic heterocycles. The Labute approximate surface area is 85.4 Å². The predicted octanol–water partition coefficient (Wildman–Crippen LogP) is 0.137. The van der Waals surface area contributed by atoms with Gasteiger partial charge in [-0.25, -0.2) is 0 Å². The summed E-state index contributed by atoms with van der Waals surface area (Å²) in [5.41, 5.74) is 0. The first-order chi connectivity index (χ1) is 6.72. The quantitative estimate of drug-likeness (QED) is 0.614. The molecule has 1 rings (SSSR count). The third-order valence-corrected chi connectivity index (χ3v) is 2.17. The predicted molar refractivity (Wildman–Crippen MR) is 55.1 cm³/mol. The van der Waals surface area contributed by atoms with E-state index < -0.39 is 0 Å². The second kappa shape index (κ2) is 5.98. The number of hydrogen-bond acceptors (Lipinski definition) is 3. The van der Waals surface area contributed by atoms with Crippen LogP contribution < -0.4 is 10.6 Å². The third kappa shape index (κ3) is 5.19. The number of hydrogen-bond donors (Lipinski definition) is 2. The first-order valence-corrected chi connectivity index (χ1v) is 5.21. The molecule has 0 aromatic carbocycles. The number of carbonyl (C=O) groups excluding carboxylic acids is 1. The molecule has 0 aliphatic heterocycles. The molecular formula is C10H20N2O2. The van der Waals surface area contributed by atoms with Crippen LogP contribution in [-0.2, 0) is 9.53 Å². The van der Waals surface area contributed by atoms with Crippen molar-refractivity contribution in [2.75, 3.05) is 26.8 Å². The molecule has 0 spiro atoms. The summed E-state index contributed by atoms with van der Waals surface area (Å²) < 4.78 is 5.00. The Hall–Kier alpha value is -0.610. The van der Waals surface area contributed by atoms with E-state index in [4.69, 9.17) is 4.74 Å². The summed E-state index contributed by atoms with van der Waals surface area (Å²) in [6.07, 6.45) is 2.29. The second-order valence-electron chi connectivity index (χ2n) is 4.03. The van der Waals surface area contributed by atoms with Crippen molar-refractivity contribution in [1.82, 2.24) is 10.6 Å². The van der Waals surface area contributed by atoms with Crippen LogP contribution in [0.4, 0.5) is 0 Å². The molecule has 82 valence electrons. The lowest BCUT2D eigenvalue weighted by Gasteiger charge is -2.11. The van der Waals surface area contributed by atoms with Gasteiger partial charge in [-0.3, -0.25) is 4.79 Å². The van der Waals surface area contributed by atoms with E-state index in [0.717, 1.165) is 26.0 Å². The number of rotatable bonds is 7. The molecule has 4 nitrogen and oxygen atoms in total. The van der Waals surface area contributed by atoms with Gasteiger partial charge in [-0.1, -0.05) is 6.92 Å². The highest BCUT2D eigenvalue weighted by Crippen LogP contribution is 2.18. The molecule has 1 unspecified atom stereocenters. The molecule has 0 saturated heterocycles. The molecule has 0 radical (unpaired) electrons. The molecule has 14 heavy (non-hydrogen) atoms. The minimum atomic E-state index is 0.108. The summed E-state index contributed by atoms with van der Waals surface area (Å²) in [6, 6.07) is 0.459. The van der Waals surface area contributed by atoms with Gasteiger partial charge in [-0.15, -0.1) is 0 Å². The van der Waals surface area contributed by atoms with Crippen LogP contribution >= 0.6 is 0 Å². The molecule has 0 aromatic rings. The molecule has 1 aliphatic rings. The summed E-state index contributed by atoms with van der Waals surface area (Å²) in [6.45, 7) is 4.07. The van der Waals surface area contributed by atoms with E-state index in [2.05, 4.69) is 17.6 Å².